The first-order valence-corrected chi connectivity index (χ1v) is 6.81. The summed E-state index contributed by atoms with van der Waals surface area (Å²) in [6.45, 7) is 0. The van der Waals surface area contributed by atoms with Crippen LogP contribution in [0.3, 0.4) is 0 Å². The molecule has 0 aliphatic heterocycles. The molecule has 2 aromatic rings. The van der Waals surface area contributed by atoms with Gasteiger partial charge < -0.3 is 15.8 Å². The lowest BCUT2D eigenvalue weighted by atomic mass is 10.1. The summed E-state index contributed by atoms with van der Waals surface area (Å²) in [6.07, 6.45) is -0.667. The van der Waals surface area contributed by atoms with E-state index < -0.39 is 6.10 Å². The number of hydrogen-bond donors (Lipinski definition) is 2. The van der Waals surface area contributed by atoms with Crippen molar-refractivity contribution in [2.45, 2.75) is 6.10 Å². The Labute approximate surface area is 128 Å². The molecule has 2 aromatic carbocycles. The monoisotopic (exact) mass is 300 g/mol. The van der Waals surface area contributed by atoms with Crippen molar-refractivity contribution in [1.29, 1.82) is 0 Å². The van der Waals surface area contributed by atoms with E-state index >= 15 is 0 Å². The molecule has 0 heterocycles. The first kappa shape index (κ1) is 15.2. The largest absolute Gasteiger partial charge is 0.389 e. The van der Waals surface area contributed by atoms with E-state index in [9.17, 15) is 4.79 Å². The number of hydrogen-bond acceptors (Lipinski definition) is 3. The van der Waals surface area contributed by atoms with Crippen molar-refractivity contribution >= 4 is 28.8 Å². The molecule has 108 valence electrons. The number of amides is 1. The van der Waals surface area contributed by atoms with Crippen molar-refractivity contribution in [3.63, 3.8) is 0 Å². The zero-order chi connectivity index (χ0) is 15.2. The van der Waals surface area contributed by atoms with Crippen LogP contribution in [0.1, 0.15) is 17.2 Å². The van der Waals surface area contributed by atoms with Gasteiger partial charge in [0.2, 0.25) is 0 Å². The van der Waals surface area contributed by atoms with Crippen LogP contribution in [0.25, 0.3) is 0 Å². The zero-order valence-electron chi connectivity index (χ0n) is 11.6. The number of ether oxygens (including phenoxy) is 1. The number of carbonyl (C=O) groups excluding carboxylic acids is 1. The molecule has 21 heavy (non-hydrogen) atoms. The van der Waals surface area contributed by atoms with Gasteiger partial charge in [-0.25, -0.2) is 0 Å². The lowest BCUT2D eigenvalue weighted by Gasteiger charge is -2.16. The summed E-state index contributed by atoms with van der Waals surface area (Å²) in [4.78, 5) is 12.6. The van der Waals surface area contributed by atoms with Crippen molar-refractivity contribution in [1.82, 2.24) is 0 Å². The summed E-state index contributed by atoms with van der Waals surface area (Å²) in [6, 6.07) is 16.4. The number of nitrogens with two attached hydrogens (primary N) is 1. The van der Waals surface area contributed by atoms with Crippen molar-refractivity contribution in [2.75, 3.05) is 12.4 Å². The molecule has 0 aliphatic carbocycles. The van der Waals surface area contributed by atoms with E-state index in [1.165, 1.54) is 7.11 Å². The summed E-state index contributed by atoms with van der Waals surface area (Å²) >= 11 is 4.93. The molecular formula is C16H16N2O2S. The third-order valence-corrected chi connectivity index (χ3v) is 3.23. The van der Waals surface area contributed by atoms with Gasteiger partial charge in [-0.05, 0) is 17.7 Å². The highest BCUT2D eigenvalue weighted by atomic mass is 32.1. The first-order valence-electron chi connectivity index (χ1n) is 6.40. The van der Waals surface area contributed by atoms with Gasteiger partial charge in [0.05, 0.1) is 0 Å². The highest BCUT2D eigenvalue weighted by Gasteiger charge is 2.19. The zero-order valence-corrected chi connectivity index (χ0v) is 12.4. The number of thiocarbonyl (C=S) groups is 1. The number of carbonyl (C=O) groups is 1. The molecule has 1 amide bonds. The molecule has 1 unspecified atom stereocenters. The van der Waals surface area contributed by atoms with Crippen LogP contribution < -0.4 is 11.1 Å². The highest BCUT2D eigenvalue weighted by Crippen LogP contribution is 2.19. The summed E-state index contributed by atoms with van der Waals surface area (Å²) in [5.41, 5.74) is 7.71. The normalized spacial score (nSPS) is 11.7. The molecule has 5 heteroatoms. The van der Waals surface area contributed by atoms with Gasteiger partial charge >= 0.3 is 0 Å². The van der Waals surface area contributed by atoms with Gasteiger partial charge in [-0.1, -0.05) is 54.7 Å². The Bertz CT molecular complexity index is 644. The Morgan fingerprint density at radius 2 is 1.90 bits per heavy atom. The van der Waals surface area contributed by atoms with E-state index in [2.05, 4.69) is 5.32 Å². The molecule has 0 bridgehead atoms. The van der Waals surface area contributed by atoms with E-state index in [1.54, 1.807) is 24.3 Å². The fourth-order valence-corrected chi connectivity index (χ4v) is 2.11. The van der Waals surface area contributed by atoms with Gasteiger partial charge in [0.15, 0.2) is 6.10 Å². The average Bonchev–Trinajstić information content (AvgIpc) is 2.49. The minimum Gasteiger partial charge on any atom is -0.389 e. The van der Waals surface area contributed by atoms with Crippen molar-refractivity contribution in [2.24, 2.45) is 5.73 Å². The van der Waals surface area contributed by atoms with Gasteiger partial charge in [-0.3, -0.25) is 4.79 Å². The third-order valence-electron chi connectivity index (χ3n) is 2.99. The van der Waals surface area contributed by atoms with E-state index in [-0.39, 0.29) is 10.9 Å². The van der Waals surface area contributed by atoms with Crippen LogP contribution in [0.4, 0.5) is 5.69 Å². The molecular weight excluding hydrogens is 284 g/mol. The van der Waals surface area contributed by atoms with E-state index in [0.29, 0.717) is 11.3 Å². The van der Waals surface area contributed by atoms with E-state index in [1.807, 2.05) is 30.3 Å². The number of methoxy groups -OCH3 is 1. The third kappa shape index (κ3) is 3.87. The predicted molar refractivity (Wildman–Crippen MR) is 87.2 cm³/mol. The minimum atomic E-state index is -0.667. The maximum absolute atomic E-state index is 12.3. The first-order chi connectivity index (χ1) is 10.1. The molecule has 0 saturated carbocycles. The molecule has 0 radical (unpaired) electrons. The molecule has 1 atom stereocenters. The van der Waals surface area contributed by atoms with Crippen LogP contribution in [-0.4, -0.2) is 18.0 Å². The number of rotatable bonds is 5. The average molecular weight is 300 g/mol. The summed E-state index contributed by atoms with van der Waals surface area (Å²) < 4.78 is 5.29. The van der Waals surface area contributed by atoms with Crippen LogP contribution in [0.2, 0.25) is 0 Å². The predicted octanol–water partition coefficient (Wildman–Crippen LogP) is 2.65. The van der Waals surface area contributed by atoms with Gasteiger partial charge in [-0.15, -0.1) is 0 Å². The topological polar surface area (TPSA) is 64.3 Å². The summed E-state index contributed by atoms with van der Waals surface area (Å²) in [5, 5.41) is 2.81. The van der Waals surface area contributed by atoms with Crippen LogP contribution >= 0.6 is 12.2 Å². The number of benzene rings is 2. The summed E-state index contributed by atoms with van der Waals surface area (Å²) in [7, 11) is 1.50. The molecule has 0 fully saturated rings. The maximum atomic E-state index is 12.3. The molecule has 0 aromatic heterocycles. The molecule has 2 rings (SSSR count). The smallest absolute Gasteiger partial charge is 0.258 e. The SMILES string of the molecule is COC(C(=O)Nc1cccc(C(N)=S)c1)c1ccccc1. The molecule has 3 N–H and O–H groups in total. The Kier molecular flexibility index (Phi) is 5.03. The quantitative estimate of drug-likeness (QED) is 0.833. The molecule has 0 saturated heterocycles. The Morgan fingerprint density at radius 1 is 1.19 bits per heavy atom. The molecule has 0 aliphatic rings. The van der Waals surface area contributed by atoms with Crippen molar-refractivity contribution in [3.05, 3.63) is 65.7 Å². The second kappa shape index (κ2) is 6.97. The van der Waals surface area contributed by atoms with Crippen LogP contribution in [0.15, 0.2) is 54.6 Å². The second-order valence-corrected chi connectivity index (χ2v) is 4.90. The lowest BCUT2D eigenvalue weighted by molar-refractivity contribution is -0.126. The minimum absolute atomic E-state index is 0.246. The van der Waals surface area contributed by atoms with E-state index in [0.717, 1.165) is 5.56 Å². The van der Waals surface area contributed by atoms with Crippen LogP contribution in [-0.2, 0) is 9.53 Å². The molecule has 0 spiro atoms. The van der Waals surface area contributed by atoms with E-state index in [4.69, 9.17) is 22.7 Å². The highest BCUT2D eigenvalue weighted by molar-refractivity contribution is 7.80. The standard InChI is InChI=1S/C16H16N2O2S/c1-20-14(11-6-3-2-4-7-11)16(19)18-13-9-5-8-12(10-13)15(17)21/h2-10,14H,1H3,(H2,17,21)(H,18,19). The Hall–Kier alpha value is -2.24. The number of anilines is 1. The Morgan fingerprint density at radius 3 is 2.52 bits per heavy atom. The maximum Gasteiger partial charge on any atom is 0.258 e. The van der Waals surface area contributed by atoms with Gasteiger partial charge in [0.1, 0.15) is 4.99 Å². The summed E-state index contributed by atoms with van der Waals surface area (Å²) in [5.74, 6) is -0.246. The second-order valence-electron chi connectivity index (χ2n) is 4.46. The fourth-order valence-electron chi connectivity index (χ4n) is 1.98. The van der Waals surface area contributed by atoms with Crippen LogP contribution in [0, 0.1) is 0 Å². The van der Waals surface area contributed by atoms with Crippen LogP contribution in [0.5, 0.6) is 0 Å². The van der Waals surface area contributed by atoms with Gasteiger partial charge in [-0.2, -0.15) is 0 Å². The fraction of sp³-hybridized carbons (Fsp3) is 0.125. The Balaban J connectivity index is 2.16. The van der Waals surface area contributed by atoms with Crippen molar-refractivity contribution < 1.29 is 9.53 Å². The lowest BCUT2D eigenvalue weighted by Crippen LogP contribution is -2.22. The van der Waals surface area contributed by atoms with Crippen molar-refractivity contribution in [3.8, 4) is 0 Å². The number of nitrogens with one attached hydrogen (secondary N) is 1. The van der Waals surface area contributed by atoms with Gasteiger partial charge in [0, 0.05) is 18.4 Å². The van der Waals surface area contributed by atoms with Gasteiger partial charge in [0.25, 0.3) is 5.91 Å². The molecule has 4 nitrogen and oxygen atoms in total.